The van der Waals surface area contributed by atoms with Crippen molar-refractivity contribution in [2.24, 2.45) is 5.92 Å². The first-order valence-corrected chi connectivity index (χ1v) is 14.0. The number of hydrogen-bond acceptors (Lipinski definition) is 6. The largest absolute Gasteiger partial charge is 0.389 e. The Labute approximate surface area is 211 Å². The molecule has 0 aliphatic heterocycles. The van der Waals surface area contributed by atoms with Crippen LogP contribution in [0, 0.1) is 5.92 Å². The molecule has 3 aromatic rings. The number of benzene rings is 1. The van der Waals surface area contributed by atoms with Crippen molar-refractivity contribution in [3.63, 3.8) is 0 Å². The Bertz CT molecular complexity index is 1170. The van der Waals surface area contributed by atoms with Crippen molar-refractivity contribution >= 4 is 21.6 Å². The molecule has 2 N–H and O–H groups in total. The second kappa shape index (κ2) is 11.3. The minimum absolute atomic E-state index is 0.00705. The van der Waals surface area contributed by atoms with Crippen LogP contribution in [0.4, 0.5) is 0 Å². The molecule has 2 aromatic heterocycles. The van der Waals surface area contributed by atoms with Crippen LogP contribution in [0.5, 0.6) is 0 Å². The zero-order valence-electron chi connectivity index (χ0n) is 20.7. The molecule has 1 fully saturated rings. The maximum atomic E-state index is 13.1. The monoisotopic (exact) mass is 495 g/mol. The molecule has 2 aliphatic rings. The second-order valence-corrected chi connectivity index (χ2v) is 11.5. The van der Waals surface area contributed by atoms with E-state index in [1.165, 1.54) is 29.7 Å². The van der Waals surface area contributed by atoms with Crippen LogP contribution in [-0.2, 0) is 30.7 Å². The molecule has 6 nitrogen and oxygen atoms in total. The van der Waals surface area contributed by atoms with Crippen LogP contribution in [0.25, 0.3) is 10.2 Å². The van der Waals surface area contributed by atoms with Crippen LogP contribution in [0.15, 0.2) is 35.1 Å². The Hall–Kier alpha value is -2.06. The maximum absolute atomic E-state index is 13.1. The third-order valence-corrected chi connectivity index (χ3v) is 8.67. The lowest BCUT2D eigenvalue weighted by Gasteiger charge is -2.35. The van der Waals surface area contributed by atoms with Gasteiger partial charge in [0.15, 0.2) is 0 Å². The number of aliphatic hydroxyl groups is 1. The van der Waals surface area contributed by atoms with Crippen molar-refractivity contribution in [1.82, 2.24) is 14.9 Å². The van der Waals surface area contributed by atoms with Gasteiger partial charge in [0, 0.05) is 17.5 Å². The van der Waals surface area contributed by atoms with Gasteiger partial charge in [0.05, 0.1) is 31.2 Å². The van der Waals surface area contributed by atoms with Crippen molar-refractivity contribution in [2.45, 2.75) is 83.6 Å². The highest BCUT2D eigenvalue weighted by Crippen LogP contribution is 2.35. The van der Waals surface area contributed by atoms with E-state index < -0.39 is 6.10 Å². The van der Waals surface area contributed by atoms with E-state index in [-0.39, 0.29) is 12.2 Å². The number of aliphatic hydroxyl groups excluding tert-OH is 1. The Morgan fingerprint density at radius 3 is 2.80 bits per heavy atom. The van der Waals surface area contributed by atoms with Gasteiger partial charge >= 0.3 is 0 Å². The highest BCUT2D eigenvalue weighted by atomic mass is 32.1. The lowest BCUT2D eigenvalue weighted by atomic mass is 9.89. The topological polar surface area (TPSA) is 78.5 Å². The molecule has 0 spiro atoms. The van der Waals surface area contributed by atoms with Crippen molar-refractivity contribution in [2.75, 3.05) is 13.2 Å². The molecule has 1 aromatic carbocycles. The van der Waals surface area contributed by atoms with Gasteiger partial charge in [0.1, 0.15) is 10.7 Å². The van der Waals surface area contributed by atoms with E-state index in [0.29, 0.717) is 37.5 Å². The summed E-state index contributed by atoms with van der Waals surface area (Å²) in [7, 11) is 0. The van der Waals surface area contributed by atoms with Gasteiger partial charge in [-0.25, -0.2) is 4.98 Å². The average molecular weight is 496 g/mol. The van der Waals surface area contributed by atoms with Gasteiger partial charge in [-0.15, -0.1) is 11.3 Å². The number of rotatable bonds is 9. The Morgan fingerprint density at radius 2 is 2.00 bits per heavy atom. The summed E-state index contributed by atoms with van der Waals surface area (Å²) >= 11 is 1.70. The minimum atomic E-state index is -0.591. The molecule has 2 atom stereocenters. The summed E-state index contributed by atoms with van der Waals surface area (Å²) in [5.74, 6) is 1.37. The number of hydrogen-bond donors (Lipinski definition) is 2. The van der Waals surface area contributed by atoms with E-state index in [9.17, 15) is 9.90 Å². The zero-order valence-corrected chi connectivity index (χ0v) is 21.5. The number of aryl methyl sites for hydroxylation is 1. The lowest BCUT2D eigenvalue weighted by molar-refractivity contribution is -0.00393. The molecule has 0 amide bonds. The molecule has 0 radical (unpaired) electrons. The van der Waals surface area contributed by atoms with Crippen LogP contribution in [0.2, 0.25) is 0 Å². The number of H-pyrrole nitrogens is 1. The Balaban J connectivity index is 1.29. The summed E-state index contributed by atoms with van der Waals surface area (Å²) in [6.45, 7) is 4.13. The van der Waals surface area contributed by atoms with Gasteiger partial charge in [-0.05, 0) is 49.1 Å². The number of thiophene rings is 1. The third-order valence-electron chi connectivity index (χ3n) is 7.53. The van der Waals surface area contributed by atoms with Crippen LogP contribution in [0.3, 0.4) is 0 Å². The quantitative estimate of drug-likeness (QED) is 0.445. The molecule has 0 saturated heterocycles. The predicted molar refractivity (Wildman–Crippen MR) is 141 cm³/mol. The Kier molecular flexibility index (Phi) is 7.97. The number of aromatic nitrogens is 2. The fraction of sp³-hybridized carbons (Fsp3) is 0.571. The SMILES string of the molecule is C[C@H]1CCc2c(sc3nc(CN(C[C@@H](O)COCc4ccccc4)C4CCCCC4)[nH]c(=O)c23)C1. The van der Waals surface area contributed by atoms with Crippen LogP contribution in [-0.4, -0.2) is 45.3 Å². The highest BCUT2D eigenvalue weighted by Gasteiger charge is 2.26. The fourth-order valence-electron chi connectivity index (χ4n) is 5.66. The number of ether oxygens (including phenoxy) is 1. The highest BCUT2D eigenvalue weighted by molar-refractivity contribution is 7.18. The van der Waals surface area contributed by atoms with E-state index in [1.807, 2.05) is 30.3 Å². The molecule has 7 heteroatoms. The average Bonchev–Trinajstić information content (AvgIpc) is 3.22. The smallest absolute Gasteiger partial charge is 0.259 e. The standard InChI is InChI=1S/C28H37N3O3S/c1-19-12-13-23-24(14-19)35-28-26(23)27(33)29-25(30-28)16-31(21-10-6-3-7-11-21)15-22(32)18-34-17-20-8-4-2-5-9-20/h2,4-5,8-9,19,21-22,32H,3,6-7,10-18H2,1H3,(H,29,30,33)/t19-,22+/m0/s1. The van der Waals surface area contributed by atoms with Gasteiger partial charge in [-0.2, -0.15) is 0 Å². The first-order valence-electron chi connectivity index (χ1n) is 13.1. The fourth-order valence-corrected chi connectivity index (χ4v) is 7.06. The van der Waals surface area contributed by atoms with Gasteiger partial charge in [-0.1, -0.05) is 56.5 Å². The van der Waals surface area contributed by atoms with E-state index in [4.69, 9.17) is 9.72 Å². The lowest BCUT2D eigenvalue weighted by Crippen LogP contribution is -2.43. The summed E-state index contributed by atoms with van der Waals surface area (Å²) in [5, 5.41) is 11.6. The normalized spacial score (nSPS) is 19.8. The van der Waals surface area contributed by atoms with E-state index >= 15 is 0 Å². The van der Waals surface area contributed by atoms with Gasteiger partial charge in [0.2, 0.25) is 0 Å². The molecule has 0 unspecified atom stereocenters. The van der Waals surface area contributed by atoms with Gasteiger partial charge in [0.25, 0.3) is 5.56 Å². The molecular formula is C28H37N3O3S. The first-order chi connectivity index (χ1) is 17.1. The van der Waals surface area contributed by atoms with E-state index in [0.717, 1.165) is 47.9 Å². The number of nitrogens with one attached hydrogen (secondary N) is 1. The maximum Gasteiger partial charge on any atom is 0.259 e. The van der Waals surface area contributed by atoms with Crippen LogP contribution < -0.4 is 5.56 Å². The molecular weight excluding hydrogens is 458 g/mol. The van der Waals surface area contributed by atoms with E-state index in [2.05, 4.69) is 16.8 Å². The number of aromatic amines is 1. The number of fused-ring (bicyclic) bond motifs is 3. The first kappa shape index (κ1) is 24.6. The van der Waals surface area contributed by atoms with Gasteiger partial charge in [-0.3, -0.25) is 9.69 Å². The van der Waals surface area contributed by atoms with Crippen molar-refractivity contribution < 1.29 is 9.84 Å². The molecule has 2 heterocycles. The molecule has 0 bridgehead atoms. The minimum Gasteiger partial charge on any atom is -0.389 e. The Morgan fingerprint density at radius 1 is 1.20 bits per heavy atom. The van der Waals surface area contributed by atoms with Crippen LogP contribution in [0.1, 0.15) is 67.3 Å². The number of nitrogens with zero attached hydrogens (tertiary/aromatic N) is 2. The summed E-state index contributed by atoms with van der Waals surface area (Å²) < 4.78 is 5.80. The molecule has 1 saturated carbocycles. The molecule has 188 valence electrons. The zero-order chi connectivity index (χ0) is 24.2. The second-order valence-electron chi connectivity index (χ2n) is 10.4. The molecule has 2 aliphatic carbocycles. The van der Waals surface area contributed by atoms with Gasteiger partial charge < -0.3 is 14.8 Å². The predicted octanol–water partition coefficient (Wildman–Crippen LogP) is 4.82. The summed E-state index contributed by atoms with van der Waals surface area (Å²) in [4.78, 5) is 25.6. The molecule has 35 heavy (non-hydrogen) atoms. The summed E-state index contributed by atoms with van der Waals surface area (Å²) in [6.07, 6.45) is 8.50. The van der Waals surface area contributed by atoms with Crippen molar-refractivity contribution in [3.05, 3.63) is 62.5 Å². The van der Waals surface area contributed by atoms with E-state index in [1.54, 1.807) is 11.3 Å². The summed E-state index contributed by atoms with van der Waals surface area (Å²) in [6, 6.07) is 10.4. The molecule has 5 rings (SSSR count). The third kappa shape index (κ3) is 6.02. The summed E-state index contributed by atoms with van der Waals surface area (Å²) in [5.41, 5.74) is 2.32. The van der Waals surface area contributed by atoms with Crippen LogP contribution >= 0.6 is 11.3 Å². The van der Waals surface area contributed by atoms with Crippen molar-refractivity contribution in [3.8, 4) is 0 Å². The van der Waals surface area contributed by atoms with Crippen molar-refractivity contribution in [1.29, 1.82) is 0 Å².